The van der Waals surface area contributed by atoms with Gasteiger partial charge in [0.1, 0.15) is 0 Å². The molecular formula is C23H31N3O. The van der Waals surface area contributed by atoms with Gasteiger partial charge in [0.2, 0.25) is 0 Å². The molecule has 1 heterocycles. The number of hydrogen-bond donors (Lipinski definition) is 1. The van der Waals surface area contributed by atoms with E-state index in [9.17, 15) is 4.79 Å². The summed E-state index contributed by atoms with van der Waals surface area (Å²) >= 11 is 0. The number of nitrogens with zero attached hydrogens (tertiary/aromatic N) is 2. The SMILES string of the molecule is CC(C)c1ccc(C(=O)NCCN2CCN(Cc3ccccc3)CC2)cc1. The molecule has 0 atom stereocenters. The molecule has 2 aromatic carbocycles. The minimum Gasteiger partial charge on any atom is -0.351 e. The first-order valence-electron chi connectivity index (χ1n) is 9.98. The smallest absolute Gasteiger partial charge is 0.251 e. The van der Waals surface area contributed by atoms with E-state index in [0.29, 0.717) is 12.5 Å². The highest BCUT2D eigenvalue weighted by atomic mass is 16.1. The number of piperazine rings is 1. The fourth-order valence-corrected chi connectivity index (χ4v) is 3.46. The molecule has 0 unspecified atom stereocenters. The van der Waals surface area contributed by atoms with Crippen molar-refractivity contribution < 1.29 is 4.79 Å². The minimum atomic E-state index is 0.0213. The standard InChI is InChI=1S/C23H31N3O/c1-19(2)21-8-10-22(11-9-21)23(27)24-12-13-25-14-16-26(17-15-25)18-20-6-4-3-5-7-20/h3-11,19H,12-18H2,1-2H3,(H,24,27). The summed E-state index contributed by atoms with van der Waals surface area (Å²) < 4.78 is 0. The van der Waals surface area contributed by atoms with E-state index < -0.39 is 0 Å². The molecule has 1 saturated heterocycles. The molecular weight excluding hydrogens is 334 g/mol. The molecule has 0 saturated carbocycles. The zero-order chi connectivity index (χ0) is 19.1. The normalized spacial score (nSPS) is 15.8. The predicted molar refractivity (Wildman–Crippen MR) is 111 cm³/mol. The van der Waals surface area contributed by atoms with E-state index in [0.717, 1.165) is 44.8 Å². The van der Waals surface area contributed by atoms with E-state index >= 15 is 0 Å². The number of carbonyl (C=O) groups excluding carboxylic acids is 1. The summed E-state index contributed by atoms with van der Waals surface area (Å²) in [6.45, 7) is 11.2. The van der Waals surface area contributed by atoms with E-state index in [1.807, 2.05) is 24.3 Å². The van der Waals surface area contributed by atoms with Gasteiger partial charge in [-0.15, -0.1) is 0 Å². The lowest BCUT2D eigenvalue weighted by atomic mass is 10.0. The molecule has 1 fully saturated rings. The largest absolute Gasteiger partial charge is 0.351 e. The van der Waals surface area contributed by atoms with Crippen molar-refractivity contribution >= 4 is 5.91 Å². The highest BCUT2D eigenvalue weighted by molar-refractivity contribution is 5.94. The van der Waals surface area contributed by atoms with Crippen molar-refractivity contribution in [3.63, 3.8) is 0 Å². The summed E-state index contributed by atoms with van der Waals surface area (Å²) in [6, 6.07) is 18.6. The first kappa shape index (κ1) is 19.6. The Morgan fingerprint density at radius 3 is 2.19 bits per heavy atom. The van der Waals surface area contributed by atoms with E-state index in [-0.39, 0.29) is 5.91 Å². The third-order valence-corrected chi connectivity index (χ3v) is 5.27. The summed E-state index contributed by atoms with van der Waals surface area (Å²) in [5.74, 6) is 0.510. The lowest BCUT2D eigenvalue weighted by Crippen LogP contribution is -2.48. The van der Waals surface area contributed by atoms with Crippen LogP contribution in [0.25, 0.3) is 0 Å². The van der Waals surface area contributed by atoms with Crippen LogP contribution in [0.2, 0.25) is 0 Å². The Balaban J connectivity index is 1.36. The maximum atomic E-state index is 12.3. The van der Waals surface area contributed by atoms with E-state index in [1.165, 1.54) is 11.1 Å². The zero-order valence-corrected chi connectivity index (χ0v) is 16.5. The molecule has 0 radical (unpaired) electrons. The van der Waals surface area contributed by atoms with Crippen molar-refractivity contribution in [2.24, 2.45) is 0 Å². The number of amides is 1. The fraction of sp³-hybridized carbons (Fsp3) is 0.435. The quantitative estimate of drug-likeness (QED) is 0.817. The van der Waals surface area contributed by atoms with Crippen LogP contribution in [0, 0.1) is 0 Å². The first-order valence-corrected chi connectivity index (χ1v) is 9.98. The first-order chi connectivity index (χ1) is 13.1. The van der Waals surface area contributed by atoms with Gasteiger partial charge < -0.3 is 5.32 Å². The van der Waals surface area contributed by atoms with Crippen molar-refractivity contribution in [1.29, 1.82) is 0 Å². The Morgan fingerprint density at radius 1 is 0.926 bits per heavy atom. The Bertz CT molecular complexity index is 704. The monoisotopic (exact) mass is 365 g/mol. The third-order valence-electron chi connectivity index (χ3n) is 5.27. The highest BCUT2D eigenvalue weighted by Crippen LogP contribution is 2.14. The van der Waals surface area contributed by atoms with Gasteiger partial charge in [0.25, 0.3) is 5.91 Å². The summed E-state index contributed by atoms with van der Waals surface area (Å²) in [5.41, 5.74) is 3.38. The molecule has 144 valence electrons. The number of benzene rings is 2. The van der Waals surface area contributed by atoms with Crippen LogP contribution in [0.1, 0.15) is 41.3 Å². The molecule has 1 aliphatic rings. The molecule has 4 heteroatoms. The summed E-state index contributed by atoms with van der Waals surface area (Å²) in [5, 5.41) is 3.05. The van der Waals surface area contributed by atoms with Gasteiger partial charge in [0.05, 0.1) is 0 Å². The van der Waals surface area contributed by atoms with Crippen LogP contribution in [0.5, 0.6) is 0 Å². The Labute approximate surface area is 163 Å². The Morgan fingerprint density at radius 2 is 1.56 bits per heavy atom. The van der Waals surface area contributed by atoms with Crippen LogP contribution in [0.15, 0.2) is 54.6 Å². The molecule has 0 bridgehead atoms. The van der Waals surface area contributed by atoms with Crippen LogP contribution in [-0.4, -0.2) is 55.0 Å². The van der Waals surface area contributed by atoms with Gasteiger partial charge in [-0.2, -0.15) is 0 Å². The zero-order valence-electron chi connectivity index (χ0n) is 16.5. The van der Waals surface area contributed by atoms with Gasteiger partial charge in [-0.1, -0.05) is 56.3 Å². The molecule has 1 N–H and O–H groups in total. The maximum absolute atomic E-state index is 12.3. The Kier molecular flexibility index (Phi) is 7.02. The van der Waals surface area contributed by atoms with Crippen LogP contribution in [0.3, 0.4) is 0 Å². The van der Waals surface area contributed by atoms with Crippen LogP contribution in [-0.2, 0) is 6.54 Å². The van der Waals surface area contributed by atoms with Crippen molar-refractivity contribution in [2.75, 3.05) is 39.3 Å². The average molecular weight is 366 g/mol. The minimum absolute atomic E-state index is 0.0213. The predicted octanol–water partition coefficient (Wildman–Crippen LogP) is 3.36. The van der Waals surface area contributed by atoms with Gasteiger partial charge in [0, 0.05) is 51.4 Å². The molecule has 27 heavy (non-hydrogen) atoms. The van der Waals surface area contributed by atoms with Crippen LogP contribution >= 0.6 is 0 Å². The fourth-order valence-electron chi connectivity index (χ4n) is 3.46. The van der Waals surface area contributed by atoms with Gasteiger partial charge in [-0.3, -0.25) is 14.6 Å². The molecule has 3 rings (SSSR count). The van der Waals surface area contributed by atoms with E-state index in [1.54, 1.807) is 0 Å². The Hall–Kier alpha value is -2.17. The average Bonchev–Trinajstić information content (AvgIpc) is 2.70. The lowest BCUT2D eigenvalue weighted by molar-refractivity contribution is 0.0934. The van der Waals surface area contributed by atoms with Gasteiger partial charge in [-0.05, 0) is 29.2 Å². The third kappa shape index (κ3) is 5.91. The van der Waals surface area contributed by atoms with Crippen LogP contribution < -0.4 is 5.32 Å². The molecule has 0 spiro atoms. The number of hydrogen-bond acceptors (Lipinski definition) is 3. The van der Waals surface area contributed by atoms with Gasteiger partial charge in [-0.25, -0.2) is 0 Å². The van der Waals surface area contributed by atoms with Crippen molar-refractivity contribution in [3.8, 4) is 0 Å². The second kappa shape index (κ2) is 9.67. The number of carbonyl (C=O) groups is 1. The maximum Gasteiger partial charge on any atom is 0.251 e. The van der Waals surface area contributed by atoms with Gasteiger partial charge in [0.15, 0.2) is 0 Å². The summed E-state index contributed by atoms with van der Waals surface area (Å²) in [7, 11) is 0. The molecule has 1 aliphatic heterocycles. The van der Waals surface area contributed by atoms with Crippen molar-refractivity contribution in [3.05, 3.63) is 71.3 Å². The second-order valence-electron chi connectivity index (χ2n) is 7.64. The highest BCUT2D eigenvalue weighted by Gasteiger charge is 2.16. The van der Waals surface area contributed by atoms with Crippen molar-refractivity contribution in [2.45, 2.75) is 26.3 Å². The number of nitrogens with one attached hydrogen (secondary N) is 1. The summed E-state index contributed by atoms with van der Waals surface area (Å²) in [6.07, 6.45) is 0. The molecule has 0 aliphatic carbocycles. The topological polar surface area (TPSA) is 35.6 Å². The molecule has 4 nitrogen and oxygen atoms in total. The molecule has 1 amide bonds. The lowest BCUT2D eigenvalue weighted by Gasteiger charge is -2.34. The number of rotatable bonds is 7. The molecule has 0 aromatic heterocycles. The van der Waals surface area contributed by atoms with Crippen LogP contribution in [0.4, 0.5) is 0 Å². The van der Waals surface area contributed by atoms with Gasteiger partial charge >= 0.3 is 0 Å². The summed E-state index contributed by atoms with van der Waals surface area (Å²) in [4.78, 5) is 17.2. The van der Waals surface area contributed by atoms with E-state index in [4.69, 9.17) is 0 Å². The van der Waals surface area contributed by atoms with E-state index in [2.05, 4.69) is 59.3 Å². The second-order valence-corrected chi connectivity index (χ2v) is 7.64. The van der Waals surface area contributed by atoms with Crippen molar-refractivity contribution in [1.82, 2.24) is 15.1 Å². The molecule has 2 aromatic rings.